The molecule has 0 saturated heterocycles. The van der Waals surface area contributed by atoms with Crippen LogP contribution in [0.15, 0.2) is 22.6 Å². The molecule has 2 N–H and O–H groups in total. The van der Waals surface area contributed by atoms with Gasteiger partial charge in [0.05, 0.1) is 5.02 Å². The Labute approximate surface area is 110 Å². The maximum Gasteiger partial charge on any atom is 0.287 e. The van der Waals surface area contributed by atoms with Crippen molar-refractivity contribution in [2.75, 3.05) is 13.2 Å². The Bertz CT molecular complexity index is 577. The van der Waals surface area contributed by atoms with Crippen molar-refractivity contribution in [3.05, 3.63) is 34.5 Å². The molecule has 2 aromatic rings. The molecule has 18 heavy (non-hydrogen) atoms. The van der Waals surface area contributed by atoms with E-state index in [1.807, 2.05) is 19.1 Å². The smallest absolute Gasteiger partial charge is 0.287 e. The van der Waals surface area contributed by atoms with E-state index in [2.05, 4.69) is 5.32 Å². The number of amides is 1. The summed E-state index contributed by atoms with van der Waals surface area (Å²) in [5.41, 5.74) is 1.30. The third-order valence-electron chi connectivity index (χ3n) is 2.74. The number of nitrogens with one attached hydrogen (secondary N) is 1. The van der Waals surface area contributed by atoms with Crippen LogP contribution in [0.5, 0.6) is 0 Å². The molecule has 0 unspecified atom stereocenters. The largest absolute Gasteiger partial charge is 0.449 e. The molecule has 5 heteroatoms. The predicted molar refractivity (Wildman–Crippen MR) is 70.0 cm³/mol. The number of para-hydroxylation sites is 1. The van der Waals surface area contributed by atoms with Crippen LogP contribution in [0.25, 0.3) is 11.0 Å². The molecular formula is C13H14ClNO3. The van der Waals surface area contributed by atoms with Gasteiger partial charge in [-0.15, -0.1) is 0 Å². The highest BCUT2D eigenvalue weighted by Gasteiger charge is 2.18. The first-order chi connectivity index (χ1) is 8.65. The van der Waals surface area contributed by atoms with Gasteiger partial charge in [-0.1, -0.05) is 23.7 Å². The Morgan fingerprint density at radius 3 is 2.94 bits per heavy atom. The molecule has 0 spiro atoms. The molecule has 0 aliphatic rings. The molecule has 0 atom stereocenters. The Kier molecular flexibility index (Phi) is 3.89. The van der Waals surface area contributed by atoms with Crippen LogP contribution in [0.1, 0.15) is 22.5 Å². The summed E-state index contributed by atoms with van der Waals surface area (Å²) in [6, 6.07) is 5.41. The number of halogens is 1. The molecule has 4 nitrogen and oxygen atoms in total. The maximum absolute atomic E-state index is 11.9. The summed E-state index contributed by atoms with van der Waals surface area (Å²) in [6.45, 7) is 2.29. The van der Waals surface area contributed by atoms with Gasteiger partial charge in [-0.25, -0.2) is 0 Å². The lowest BCUT2D eigenvalue weighted by Crippen LogP contribution is -2.25. The second-order valence-electron chi connectivity index (χ2n) is 4.01. The minimum absolute atomic E-state index is 0.0468. The van der Waals surface area contributed by atoms with Gasteiger partial charge in [0.25, 0.3) is 5.91 Å². The predicted octanol–water partition coefficient (Wildman–Crippen LogP) is 2.51. The summed E-state index contributed by atoms with van der Waals surface area (Å²) >= 11 is 6.02. The summed E-state index contributed by atoms with van der Waals surface area (Å²) in [7, 11) is 0. The van der Waals surface area contributed by atoms with E-state index in [1.165, 1.54) is 0 Å². The standard InChI is InChI=1S/C13H14ClNO3/c1-8-9-4-2-5-10(14)12(9)18-11(8)13(17)15-6-3-7-16/h2,4-5,16H,3,6-7H2,1H3,(H,15,17). The number of fused-ring (bicyclic) bond motifs is 1. The Balaban J connectivity index is 2.31. The second kappa shape index (κ2) is 5.42. The summed E-state index contributed by atoms with van der Waals surface area (Å²) in [6.07, 6.45) is 0.520. The molecule has 0 bridgehead atoms. The van der Waals surface area contributed by atoms with Crippen molar-refractivity contribution in [1.82, 2.24) is 5.32 Å². The molecule has 96 valence electrons. The molecule has 1 aromatic heterocycles. The number of carbonyl (C=O) groups excluding carboxylic acids is 1. The minimum atomic E-state index is -0.284. The van der Waals surface area contributed by atoms with Crippen molar-refractivity contribution in [3.8, 4) is 0 Å². The topological polar surface area (TPSA) is 62.5 Å². The van der Waals surface area contributed by atoms with Gasteiger partial charge in [-0.2, -0.15) is 0 Å². The molecule has 1 aromatic carbocycles. The van der Waals surface area contributed by atoms with E-state index in [0.717, 1.165) is 10.9 Å². The number of rotatable bonds is 4. The first kappa shape index (κ1) is 12.9. The highest BCUT2D eigenvalue weighted by molar-refractivity contribution is 6.35. The van der Waals surface area contributed by atoms with Crippen LogP contribution < -0.4 is 5.32 Å². The third kappa shape index (κ3) is 2.35. The van der Waals surface area contributed by atoms with Gasteiger partial charge in [0, 0.05) is 24.1 Å². The SMILES string of the molecule is Cc1c(C(=O)NCCCO)oc2c(Cl)cccc12. The molecule has 0 aliphatic heterocycles. The van der Waals surface area contributed by atoms with E-state index >= 15 is 0 Å². The number of aliphatic hydroxyl groups is 1. The summed E-state index contributed by atoms with van der Waals surface area (Å²) in [5.74, 6) is -0.00995. The Morgan fingerprint density at radius 2 is 2.28 bits per heavy atom. The van der Waals surface area contributed by atoms with E-state index in [1.54, 1.807) is 6.07 Å². The number of aryl methyl sites for hydroxylation is 1. The van der Waals surface area contributed by atoms with E-state index in [9.17, 15) is 4.79 Å². The van der Waals surface area contributed by atoms with Gasteiger partial charge in [-0.05, 0) is 19.4 Å². The number of hydrogen-bond acceptors (Lipinski definition) is 3. The van der Waals surface area contributed by atoms with Gasteiger partial charge in [0.2, 0.25) is 0 Å². The molecule has 1 heterocycles. The minimum Gasteiger partial charge on any atom is -0.449 e. The Hall–Kier alpha value is -1.52. The van der Waals surface area contributed by atoms with Crippen molar-refractivity contribution in [2.45, 2.75) is 13.3 Å². The fraction of sp³-hybridized carbons (Fsp3) is 0.308. The first-order valence-corrected chi connectivity index (χ1v) is 6.09. The molecule has 0 fully saturated rings. The lowest BCUT2D eigenvalue weighted by Gasteiger charge is -2.01. The van der Waals surface area contributed by atoms with E-state index in [4.69, 9.17) is 21.1 Å². The summed E-state index contributed by atoms with van der Waals surface area (Å²) < 4.78 is 5.52. The van der Waals surface area contributed by atoms with Crippen LogP contribution >= 0.6 is 11.6 Å². The quantitative estimate of drug-likeness (QED) is 0.837. The number of hydrogen-bond donors (Lipinski definition) is 2. The van der Waals surface area contributed by atoms with E-state index in [0.29, 0.717) is 23.6 Å². The number of carbonyl (C=O) groups is 1. The van der Waals surface area contributed by atoms with Gasteiger partial charge < -0.3 is 14.8 Å². The Morgan fingerprint density at radius 1 is 1.50 bits per heavy atom. The van der Waals surface area contributed by atoms with Gasteiger partial charge in [0.1, 0.15) is 0 Å². The van der Waals surface area contributed by atoms with Crippen LogP contribution in [-0.2, 0) is 0 Å². The lowest BCUT2D eigenvalue weighted by molar-refractivity contribution is 0.0925. The van der Waals surface area contributed by atoms with E-state index < -0.39 is 0 Å². The second-order valence-corrected chi connectivity index (χ2v) is 4.41. The molecule has 0 aliphatic carbocycles. The zero-order chi connectivity index (χ0) is 13.1. The highest BCUT2D eigenvalue weighted by Crippen LogP contribution is 2.30. The van der Waals surface area contributed by atoms with Crippen LogP contribution in [0, 0.1) is 6.92 Å². The van der Waals surface area contributed by atoms with Crippen molar-refractivity contribution in [3.63, 3.8) is 0 Å². The van der Waals surface area contributed by atoms with Crippen LogP contribution in [0.4, 0.5) is 0 Å². The maximum atomic E-state index is 11.9. The van der Waals surface area contributed by atoms with Gasteiger partial charge in [0.15, 0.2) is 11.3 Å². The molecule has 1 amide bonds. The summed E-state index contributed by atoms with van der Waals surface area (Å²) in [4.78, 5) is 11.9. The van der Waals surface area contributed by atoms with Gasteiger partial charge >= 0.3 is 0 Å². The lowest BCUT2D eigenvalue weighted by atomic mass is 10.1. The zero-order valence-electron chi connectivity index (χ0n) is 10.00. The van der Waals surface area contributed by atoms with Crippen molar-refractivity contribution >= 4 is 28.5 Å². The molecule has 2 rings (SSSR count). The van der Waals surface area contributed by atoms with Crippen LogP contribution in [-0.4, -0.2) is 24.2 Å². The number of furan rings is 1. The monoisotopic (exact) mass is 267 g/mol. The number of aliphatic hydroxyl groups excluding tert-OH is 1. The van der Waals surface area contributed by atoms with Crippen molar-refractivity contribution in [2.24, 2.45) is 0 Å². The molecule has 0 radical (unpaired) electrons. The van der Waals surface area contributed by atoms with Crippen LogP contribution in [0.2, 0.25) is 5.02 Å². The van der Waals surface area contributed by atoms with E-state index in [-0.39, 0.29) is 18.3 Å². The van der Waals surface area contributed by atoms with Crippen molar-refractivity contribution in [1.29, 1.82) is 0 Å². The average Bonchev–Trinajstić information content (AvgIpc) is 2.69. The molecule has 0 saturated carbocycles. The van der Waals surface area contributed by atoms with Gasteiger partial charge in [-0.3, -0.25) is 4.79 Å². The normalized spacial score (nSPS) is 10.8. The molecular weight excluding hydrogens is 254 g/mol. The fourth-order valence-corrected chi connectivity index (χ4v) is 2.00. The first-order valence-electron chi connectivity index (χ1n) is 5.72. The average molecular weight is 268 g/mol. The van der Waals surface area contributed by atoms with Crippen molar-refractivity contribution < 1.29 is 14.3 Å². The third-order valence-corrected chi connectivity index (χ3v) is 3.04. The zero-order valence-corrected chi connectivity index (χ0v) is 10.8. The van der Waals surface area contributed by atoms with Crippen LogP contribution in [0.3, 0.4) is 0 Å². The fourth-order valence-electron chi connectivity index (χ4n) is 1.79. The highest BCUT2D eigenvalue weighted by atomic mass is 35.5. The summed E-state index contributed by atoms with van der Waals surface area (Å²) in [5, 5.41) is 12.7. The number of benzene rings is 1.